The number of para-hydroxylation sites is 3. The molecule has 3 aliphatic carbocycles. The van der Waals surface area contributed by atoms with Gasteiger partial charge in [0.15, 0.2) is 0 Å². The van der Waals surface area contributed by atoms with Crippen molar-refractivity contribution in [3.05, 3.63) is 257 Å². The predicted octanol–water partition coefficient (Wildman–Crippen LogP) is 14.6. The summed E-state index contributed by atoms with van der Waals surface area (Å²) in [5.41, 5.74) is 20.1. The number of hydrogen-bond donors (Lipinski definition) is 0. The predicted molar refractivity (Wildman–Crippen MR) is 264 cm³/mol. The fourth-order valence-corrected chi connectivity index (χ4v) is 12.3. The monoisotopic (exact) mass is 829 g/mol. The van der Waals surface area contributed by atoms with Gasteiger partial charge in [0.1, 0.15) is 11.5 Å². The van der Waals surface area contributed by atoms with Gasteiger partial charge in [-0.3, -0.25) is 9.98 Å². The average molecular weight is 830 g/mol. The zero-order valence-electron chi connectivity index (χ0n) is 35.6. The molecule has 8 aromatic carbocycles. The van der Waals surface area contributed by atoms with Crippen LogP contribution in [-0.4, -0.2) is 16.3 Å². The maximum absolute atomic E-state index is 7.25. The number of nitrogens with zero attached hydrogens (tertiary/aromatic N) is 3. The van der Waals surface area contributed by atoms with Crippen LogP contribution in [-0.2, 0) is 10.8 Å². The Kier molecular flexibility index (Phi) is 7.29. The van der Waals surface area contributed by atoms with Gasteiger partial charge < -0.3 is 9.30 Å². The van der Waals surface area contributed by atoms with Crippen LogP contribution < -0.4 is 4.74 Å². The molecular formula is C61H39N3O. The van der Waals surface area contributed by atoms with E-state index < -0.39 is 10.8 Å². The van der Waals surface area contributed by atoms with Gasteiger partial charge in [-0.25, -0.2) is 0 Å². The zero-order valence-corrected chi connectivity index (χ0v) is 35.6. The van der Waals surface area contributed by atoms with E-state index in [1.54, 1.807) is 0 Å². The molecule has 0 saturated carbocycles. The summed E-state index contributed by atoms with van der Waals surface area (Å²) in [7, 11) is 0. The Morgan fingerprint density at radius 2 is 1.12 bits per heavy atom. The molecule has 0 N–H and O–H groups in total. The quantitative estimate of drug-likeness (QED) is 0.166. The number of fused-ring (bicyclic) bond motifs is 19. The summed E-state index contributed by atoms with van der Waals surface area (Å²) in [6.45, 7) is 6.28. The highest BCUT2D eigenvalue weighted by atomic mass is 16.5. The van der Waals surface area contributed by atoms with Crippen LogP contribution in [0, 0.1) is 0 Å². The second-order valence-electron chi connectivity index (χ2n) is 17.6. The first-order valence-corrected chi connectivity index (χ1v) is 22.4. The molecule has 14 rings (SSSR count). The first-order chi connectivity index (χ1) is 32.2. The van der Waals surface area contributed by atoms with Crippen LogP contribution in [0.4, 0.5) is 0 Å². The highest BCUT2D eigenvalue weighted by molar-refractivity contribution is 6.09. The standard InChI is InChI=1S/C61H39N3O/c1-3-17-50-58(62-2)59-53(33-39(36-63-59)64-54-27-14-9-22-42(54)43-23-10-15-28-55(43)64)61(50)49-26-13-16-29-56(49)65-57-35-51-45(34-52(57)61)41-21-8-12-25-47(41)60(51)46-24-11-7-20-40(46)44-32-38(30-31-48(44)60)37-18-5-4-6-19-37/h3-36H,2H2,1H3/b17-3-. The molecule has 4 heteroatoms. The van der Waals surface area contributed by atoms with Gasteiger partial charge >= 0.3 is 0 Å². The minimum absolute atomic E-state index is 0.565. The molecule has 2 spiro atoms. The number of allylic oxidation sites excluding steroid dienone is 3. The summed E-state index contributed by atoms with van der Waals surface area (Å²) in [4.78, 5) is 10.2. The first-order valence-electron chi connectivity index (χ1n) is 22.4. The number of pyridine rings is 1. The van der Waals surface area contributed by atoms with Crippen molar-refractivity contribution >= 4 is 34.2 Å². The van der Waals surface area contributed by atoms with Gasteiger partial charge in [0.2, 0.25) is 0 Å². The van der Waals surface area contributed by atoms with Crippen molar-refractivity contribution in [3.63, 3.8) is 0 Å². The minimum atomic E-state index is -0.847. The van der Waals surface area contributed by atoms with Gasteiger partial charge in [0.25, 0.3) is 0 Å². The minimum Gasteiger partial charge on any atom is -0.457 e. The molecule has 0 fully saturated rings. The first kappa shape index (κ1) is 36.2. The van der Waals surface area contributed by atoms with E-state index in [1.807, 2.05) is 6.20 Å². The topological polar surface area (TPSA) is 39.4 Å². The van der Waals surface area contributed by atoms with E-state index >= 15 is 0 Å². The van der Waals surface area contributed by atoms with E-state index in [0.717, 1.165) is 61.9 Å². The molecule has 1 aliphatic heterocycles. The van der Waals surface area contributed by atoms with Crippen LogP contribution in [0.5, 0.6) is 11.5 Å². The molecular weight excluding hydrogens is 791 g/mol. The average Bonchev–Trinajstić information content (AvgIpc) is 4.04. The fraction of sp³-hybridized carbons (Fsp3) is 0.0492. The van der Waals surface area contributed by atoms with Crippen LogP contribution in [0.1, 0.15) is 51.6 Å². The number of rotatable bonds is 4. The van der Waals surface area contributed by atoms with Crippen molar-refractivity contribution in [2.24, 2.45) is 4.99 Å². The lowest BCUT2D eigenvalue weighted by Crippen LogP contribution is -2.33. The summed E-state index contributed by atoms with van der Waals surface area (Å²) < 4.78 is 9.61. The molecule has 0 saturated heterocycles. The van der Waals surface area contributed by atoms with Gasteiger partial charge in [0.05, 0.1) is 45.1 Å². The Morgan fingerprint density at radius 3 is 1.83 bits per heavy atom. The van der Waals surface area contributed by atoms with Crippen molar-refractivity contribution in [1.29, 1.82) is 0 Å². The lowest BCUT2D eigenvalue weighted by atomic mass is 9.64. The molecule has 0 radical (unpaired) electrons. The molecule has 2 unspecified atom stereocenters. The third-order valence-electron chi connectivity index (χ3n) is 14.7. The molecule has 0 bridgehead atoms. The molecule has 3 heterocycles. The van der Waals surface area contributed by atoms with Gasteiger partial charge in [0, 0.05) is 27.5 Å². The number of benzene rings is 8. The second kappa shape index (κ2) is 13.1. The molecule has 0 amide bonds. The lowest BCUT2D eigenvalue weighted by molar-refractivity contribution is 0.434. The molecule has 65 heavy (non-hydrogen) atoms. The molecule has 2 aromatic heterocycles. The van der Waals surface area contributed by atoms with Crippen LogP contribution in [0.2, 0.25) is 0 Å². The number of ether oxygens (including phenoxy) is 1. The Morgan fingerprint density at radius 1 is 0.508 bits per heavy atom. The van der Waals surface area contributed by atoms with E-state index in [4.69, 9.17) is 14.7 Å². The van der Waals surface area contributed by atoms with Crippen molar-refractivity contribution in [1.82, 2.24) is 9.55 Å². The Labute approximate surface area is 376 Å². The van der Waals surface area contributed by atoms with E-state index in [2.05, 4.69) is 218 Å². The third-order valence-corrected chi connectivity index (χ3v) is 14.7. The molecule has 10 aromatic rings. The van der Waals surface area contributed by atoms with Crippen LogP contribution in [0.3, 0.4) is 0 Å². The van der Waals surface area contributed by atoms with Crippen LogP contribution in [0.25, 0.3) is 66.6 Å². The zero-order chi connectivity index (χ0) is 43.0. The maximum Gasteiger partial charge on any atom is 0.132 e. The highest BCUT2D eigenvalue weighted by Gasteiger charge is 2.56. The largest absolute Gasteiger partial charge is 0.457 e. The van der Waals surface area contributed by atoms with E-state index in [-0.39, 0.29) is 0 Å². The lowest BCUT2D eigenvalue weighted by Gasteiger charge is -2.40. The summed E-state index contributed by atoms with van der Waals surface area (Å²) in [5, 5.41) is 2.41. The van der Waals surface area contributed by atoms with Crippen molar-refractivity contribution in [2.75, 3.05) is 0 Å². The Bertz CT molecular complexity index is 3740. The van der Waals surface area contributed by atoms with E-state index in [1.165, 1.54) is 66.4 Å². The number of aliphatic imine (C=N–C) groups is 1. The van der Waals surface area contributed by atoms with Crippen LogP contribution >= 0.6 is 0 Å². The highest BCUT2D eigenvalue weighted by Crippen LogP contribution is 2.67. The molecule has 2 atom stereocenters. The molecule has 4 aliphatic rings. The van der Waals surface area contributed by atoms with Crippen molar-refractivity contribution in [2.45, 2.75) is 17.8 Å². The summed E-state index contributed by atoms with van der Waals surface area (Å²) in [6.07, 6.45) is 6.34. The van der Waals surface area contributed by atoms with Gasteiger partial charge in [-0.15, -0.1) is 0 Å². The maximum atomic E-state index is 7.25. The summed E-state index contributed by atoms with van der Waals surface area (Å²) in [6, 6.07) is 68.8. The van der Waals surface area contributed by atoms with Gasteiger partial charge in [-0.05, 0) is 117 Å². The number of hydrogen-bond acceptors (Lipinski definition) is 3. The van der Waals surface area contributed by atoms with Crippen LogP contribution in [0.15, 0.2) is 217 Å². The Hall–Kier alpha value is -8.34. The van der Waals surface area contributed by atoms with Crippen molar-refractivity contribution in [3.8, 4) is 50.6 Å². The molecule has 4 nitrogen and oxygen atoms in total. The normalized spacial score (nSPS) is 18.1. The Balaban J connectivity index is 1.08. The fourth-order valence-electron chi connectivity index (χ4n) is 12.3. The summed E-state index contributed by atoms with van der Waals surface area (Å²) >= 11 is 0. The summed E-state index contributed by atoms with van der Waals surface area (Å²) in [5.74, 6) is 1.63. The van der Waals surface area contributed by atoms with Gasteiger partial charge in [-0.1, -0.05) is 158 Å². The third kappa shape index (κ3) is 4.46. The van der Waals surface area contributed by atoms with Crippen molar-refractivity contribution < 1.29 is 4.74 Å². The molecule has 304 valence electrons. The smallest absolute Gasteiger partial charge is 0.132 e. The number of aromatic nitrogens is 2. The van der Waals surface area contributed by atoms with E-state index in [9.17, 15) is 0 Å². The SMILES string of the molecule is C=NC1=C(/C=C\C)C2(c3ccccc3Oc3cc4c(cc32)-c2ccccc2C42c3ccccc3-c3cc(-c4ccccc4)ccc32)c2cc(-n3c4ccccc4c4ccccc43)cnc21. The second-order valence-corrected chi connectivity index (χ2v) is 17.6. The van der Waals surface area contributed by atoms with Gasteiger partial charge in [-0.2, -0.15) is 0 Å². The van der Waals surface area contributed by atoms with E-state index in [0.29, 0.717) is 0 Å².